The lowest BCUT2D eigenvalue weighted by Crippen LogP contribution is -2.07. The van der Waals surface area contributed by atoms with E-state index in [1.807, 2.05) is 0 Å². The molecule has 1 radical (unpaired) electrons. The van der Waals surface area contributed by atoms with E-state index in [0.717, 1.165) is 37.1 Å². The van der Waals surface area contributed by atoms with Crippen LogP contribution in [0.15, 0.2) is 24.3 Å². The maximum absolute atomic E-state index is 12.3. The number of alkyl halides is 3. The number of halogens is 3. The average Bonchev–Trinajstić information content (AvgIpc) is 2.69. The third kappa shape index (κ3) is 2.31. The standard InChI is InChI=1S/C11H11F3N/c12-11(13,14)9-5-3-8(4-6-9)10-2-1-7-15-10/h3-6,10H,1-2,7H2. The van der Waals surface area contributed by atoms with E-state index in [0.29, 0.717) is 0 Å². The van der Waals surface area contributed by atoms with Crippen molar-refractivity contribution in [2.24, 2.45) is 0 Å². The van der Waals surface area contributed by atoms with Crippen molar-refractivity contribution in [3.05, 3.63) is 35.4 Å². The first kappa shape index (κ1) is 10.5. The zero-order valence-electron chi connectivity index (χ0n) is 8.09. The molecule has 1 saturated heterocycles. The van der Waals surface area contributed by atoms with Crippen LogP contribution >= 0.6 is 0 Å². The molecule has 15 heavy (non-hydrogen) atoms. The van der Waals surface area contributed by atoms with Crippen molar-refractivity contribution in [1.29, 1.82) is 0 Å². The molecule has 1 unspecified atom stereocenters. The van der Waals surface area contributed by atoms with Crippen molar-refractivity contribution < 1.29 is 13.2 Å². The molecule has 0 spiro atoms. The third-order valence-electron chi connectivity index (χ3n) is 2.61. The molecule has 81 valence electrons. The Morgan fingerprint density at radius 3 is 2.27 bits per heavy atom. The molecular formula is C11H11F3N. The van der Waals surface area contributed by atoms with Crippen molar-refractivity contribution in [2.45, 2.75) is 25.1 Å². The lowest BCUT2D eigenvalue weighted by atomic mass is 10.0. The van der Waals surface area contributed by atoms with Crippen molar-refractivity contribution >= 4 is 0 Å². The lowest BCUT2D eigenvalue weighted by molar-refractivity contribution is -0.137. The van der Waals surface area contributed by atoms with Gasteiger partial charge in [0.2, 0.25) is 0 Å². The monoisotopic (exact) mass is 214 g/mol. The zero-order valence-corrected chi connectivity index (χ0v) is 8.09. The summed E-state index contributed by atoms with van der Waals surface area (Å²) in [6.07, 6.45) is -2.26. The highest BCUT2D eigenvalue weighted by atomic mass is 19.4. The minimum absolute atomic E-state index is 0.104. The van der Waals surface area contributed by atoms with Crippen LogP contribution in [0.4, 0.5) is 13.2 Å². The molecule has 1 fully saturated rings. The molecule has 0 amide bonds. The topological polar surface area (TPSA) is 14.1 Å². The van der Waals surface area contributed by atoms with Crippen LogP contribution in [0.1, 0.15) is 30.0 Å². The fourth-order valence-corrected chi connectivity index (χ4v) is 1.79. The second-order valence-corrected chi connectivity index (χ2v) is 3.68. The minimum Gasteiger partial charge on any atom is -0.234 e. The second-order valence-electron chi connectivity index (χ2n) is 3.68. The van der Waals surface area contributed by atoms with Crippen molar-refractivity contribution in [2.75, 3.05) is 6.54 Å². The summed E-state index contributed by atoms with van der Waals surface area (Å²) in [5.41, 5.74) is 0.296. The molecule has 0 aromatic heterocycles. The van der Waals surface area contributed by atoms with E-state index in [4.69, 9.17) is 0 Å². The Morgan fingerprint density at radius 2 is 1.80 bits per heavy atom. The second kappa shape index (κ2) is 3.85. The van der Waals surface area contributed by atoms with Gasteiger partial charge in [-0.3, -0.25) is 0 Å². The molecule has 1 heterocycles. The van der Waals surface area contributed by atoms with E-state index in [2.05, 4.69) is 5.32 Å². The van der Waals surface area contributed by atoms with Crippen LogP contribution in [0, 0.1) is 0 Å². The van der Waals surface area contributed by atoms with Gasteiger partial charge in [-0.25, -0.2) is 5.32 Å². The first-order valence-corrected chi connectivity index (χ1v) is 4.91. The first-order chi connectivity index (χ1) is 7.07. The Bertz CT molecular complexity index is 323. The number of nitrogens with zero attached hydrogens (tertiary/aromatic N) is 1. The zero-order chi connectivity index (χ0) is 10.9. The highest BCUT2D eigenvalue weighted by Gasteiger charge is 2.30. The number of hydrogen-bond acceptors (Lipinski definition) is 0. The summed E-state index contributed by atoms with van der Waals surface area (Å²) in [4.78, 5) is 0. The summed E-state index contributed by atoms with van der Waals surface area (Å²) in [7, 11) is 0. The fraction of sp³-hybridized carbons (Fsp3) is 0.455. The molecule has 0 aliphatic carbocycles. The van der Waals surface area contributed by atoms with Crippen LogP contribution < -0.4 is 5.32 Å². The maximum atomic E-state index is 12.3. The molecule has 1 aliphatic heterocycles. The molecule has 2 rings (SSSR count). The Labute approximate surface area is 86.3 Å². The Balaban J connectivity index is 2.16. The van der Waals surface area contributed by atoms with E-state index in [1.165, 1.54) is 12.1 Å². The highest BCUT2D eigenvalue weighted by Crippen LogP contribution is 2.31. The van der Waals surface area contributed by atoms with Crippen molar-refractivity contribution in [1.82, 2.24) is 5.32 Å². The van der Waals surface area contributed by atoms with Gasteiger partial charge in [0.25, 0.3) is 0 Å². The van der Waals surface area contributed by atoms with E-state index >= 15 is 0 Å². The first-order valence-electron chi connectivity index (χ1n) is 4.91. The van der Waals surface area contributed by atoms with E-state index in [9.17, 15) is 13.2 Å². The largest absolute Gasteiger partial charge is 0.416 e. The Morgan fingerprint density at radius 1 is 1.13 bits per heavy atom. The van der Waals surface area contributed by atoms with Gasteiger partial charge in [0.1, 0.15) is 0 Å². The van der Waals surface area contributed by atoms with E-state index in [-0.39, 0.29) is 6.04 Å². The summed E-state index contributed by atoms with van der Waals surface area (Å²) in [5, 5.41) is 4.32. The van der Waals surface area contributed by atoms with Crippen molar-refractivity contribution in [3.8, 4) is 0 Å². The predicted octanol–water partition coefficient (Wildman–Crippen LogP) is 3.14. The van der Waals surface area contributed by atoms with Gasteiger partial charge in [0, 0.05) is 12.6 Å². The van der Waals surface area contributed by atoms with E-state index < -0.39 is 11.7 Å². The van der Waals surface area contributed by atoms with Crippen LogP contribution in [0.3, 0.4) is 0 Å². The summed E-state index contributed by atoms with van der Waals surface area (Å²) in [6, 6.07) is 5.42. The molecular weight excluding hydrogens is 203 g/mol. The van der Waals surface area contributed by atoms with Gasteiger partial charge in [-0.15, -0.1) is 0 Å². The Kier molecular flexibility index (Phi) is 2.69. The van der Waals surface area contributed by atoms with Crippen LogP contribution in [0.25, 0.3) is 0 Å². The van der Waals surface area contributed by atoms with Crippen LogP contribution in [0.5, 0.6) is 0 Å². The van der Waals surface area contributed by atoms with Gasteiger partial charge in [-0.2, -0.15) is 13.2 Å². The Hall–Kier alpha value is -1.03. The van der Waals surface area contributed by atoms with Crippen LogP contribution in [0.2, 0.25) is 0 Å². The summed E-state index contributed by atoms with van der Waals surface area (Å²) in [6.45, 7) is 0.825. The van der Waals surface area contributed by atoms with Gasteiger partial charge in [-0.1, -0.05) is 12.1 Å². The summed E-state index contributed by atoms with van der Waals surface area (Å²) < 4.78 is 36.8. The number of rotatable bonds is 1. The smallest absolute Gasteiger partial charge is 0.234 e. The van der Waals surface area contributed by atoms with Crippen LogP contribution in [-0.4, -0.2) is 6.54 Å². The van der Waals surface area contributed by atoms with Gasteiger partial charge >= 0.3 is 6.18 Å². The molecule has 0 saturated carbocycles. The summed E-state index contributed by atoms with van der Waals surface area (Å²) >= 11 is 0. The highest BCUT2D eigenvalue weighted by molar-refractivity contribution is 5.27. The molecule has 0 N–H and O–H groups in total. The maximum Gasteiger partial charge on any atom is 0.416 e. The van der Waals surface area contributed by atoms with Gasteiger partial charge in [0.15, 0.2) is 0 Å². The fourth-order valence-electron chi connectivity index (χ4n) is 1.79. The SMILES string of the molecule is FC(F)(F)c1ccc(C2CCC[N]2)cc1. The molecule has 1 aromatic carbocycles. The van der Waals surface area contributed by atoms with Gasteiger partial charge in [-0.05, 0) is 30.5 Å². The normalized spacial score (nSPS) is 21.9. The third-order valence-corrected chi connectivity index (χ3v) is 2.61. The molecule has 1 aromatic rings. The average molecular weight is 214 g/mol. The quantitative estimate of drug-likeness (QED) is 0.681. The molecule has 0 bridgehead atoms. The van der Waals surface area contributed by atoms with Gasteiger partial charge in [0.05, 0.1) is 5.56 Å². The number of benzene rings is 1. The lowest BCUT2D eigenvalue weighted by Gasteiger charge is -2.11. The summed E-state index contributed by atoms with van der Waals surface area (Å²) in [5.74, 6) is 0. The van der Waals surface area contributed by atoms with Crippen LogP contribution in [-0.2, 0) is 6.18 Å². The minimum atomic E-state index is -4.24. The van der Waals surface area contributed by atoms with Gasteiger partial charge < -0.3 is 0 Å². The van der Waals surface area contributed by atoms with Crippen molar-refractivity contribution in [3.63, 3.8) is 0 Å². The number of hydrogen-bond donors (Lipinski definition) is 0. The molecule has 1 aliphatic rings. The van der Waals surface area contributed by atoms with E-state index in [1.54, 1.807) is 0 Å². The molecule has 1 nitrogen and oxygen atoms in total. The predicted molar refractivity (Wildman–Crippen MR) is 50.4 cm³/mol. The molecule has 4 heteroatoms. The molecule has 1 atom stereocenters.